The van der Waals surface area contributed by atoms with E-state index in [1.807, 2.05) is 18.2 Å². The highest BCUT2D eigenvalue weighted by Gasteiger charge is 2.36. The zero-order valence-corrected chi connectivity index (χ0v) is 50.2. The van der Waals surface area contributed by atoms with E-state index in [2.05, 4.69) is 46.8 Å². The van der Waals surface area contributed by atoms with Crippen LogP contribution < -0.4 is 21.4 Å². The molecule has 0 spiro atoms. The summed E-state index contributed by atoms with van der Waals surface area (Å²) in [6.45, 7) is 6.62. The SMILES string of the molecule is Brc1ccccn1.COC(=O)c1ccc(Nc2ccc(C(F)(F)F)cc2)c(-c2ccccn2)c1.COC(=O)c1ccc(Nc2ccc(C(F)(F)F)cc2)c([B]OC(C)(C)C(C)(C)O)c1.O=C(O)c1ccc(Nc2ccc(C(F)(F)F)cc2)c(-c2ccccn2)c1. The van der Waals surface area contributed by atoms with E-state index in [1.165, 1.54) is 82.4 Å². The Kier molecular flexibility index (Phi) is 23.6. The number of aromatic nitrogens is 3. The molecule has 0 atom stereocenters. The van der Waals surface area contributed by atoms with Crippen LogP contribution in [0.3, 0.4) is 0 Å². The van der Waals surface area contributed by atoms with Gasteiger partial charge in [0.25, 0.3) is 0 Å². The summed E-state index contributed by atoms with van der Waals surface area (Å²) in [5.41, 5.74) is 2.10. The first-order valence-electron chi connectivity index (χ1n) is 26.6. The molecule has 3 heterocycles. The van der Waals surface area contributed by atoms with E-state index < -0.39 is 64.3 Å². The number of anilines is 6. The van der Waals surface area contributed by atoms with Gasteiger partial charge in [-0.05, 0) is 213 Å². The lowest BCUT2D eigenvalue weighted by atomic mass is 9.81. The Balaban J connectivity index is 0.000000203. The average Bonchev–Trinajstić information content (AvgIpc) is 1.21. The van der Waals surface area contributed by atoms with Gasteiger partial charge in [0.1, 0.15) is 4.60 Å². The predicted octanol–water partition coefficient (Wildman–Crippen LogP) is 16.4. The molecule has 90 heavy (non-hydrogen) atoms. The van der Waals surface area contributed by atoms with Crippen LogP contribution in [0.1, 0.15) is 75.5 Å². The van der Waals surface area contributed by atoms with Gasteiger partial charge in [-0.3, -0.25) is 9.97 Å². The number of nitrogens with one attached hydrogen (secondary N) is 3. The number of benzene rings is 6. The Labute approximate surface area is 520 Å². The number of carboxylic acids is 1. The third-order valence-corrected chi connectivity index (χ3v) is 13.6. The zero-order valence-electron chi connectivity index (χ0n) is 48.6. The number of methoxy groups -OCH3 is 2. The number of hydrogen-bond donors (Lipinski definition) is 5. The number of aromatic carboxylic acids is 1. The molecule has 14 nitrogen and oxygen atoms in total. The summed E-state index contributed by atoms with van der Waals surface area (Å²) in [7, 11) is 3.93. The van der Waals surface area contributed by atoms with E-state index in [1.54, 1.807) is 113 Å². The highest BCUT2D eigenvalue weighted by Crippen LogP contribution is 2.36. The van der Waals surface area contributed by atoms with Crippen LogP contribution in [0.25, 0.3) is 22.5 Å². The summed E-state index contributed by atoms with van der Waals surface area (Å²) in [4.78, 5) is 47.3. The van der Waals surface area contributed by atoms with Gasteiger partial charge in [0.05, 0.1) is 70.2 Å². The van der Waals surface area contributed by atoms with Gasteiger partial charge in [-0.2, -0.15) is 39.5 Å². The molecule has 0 saturated heterocycles. The number of esters is 2. The maximum absolute atomic E-state index is 12.8. The van der Waals surface area contributed by atoms with Crippen LogP contribution in [-0.2, 0) is 32.7 Å². The number of ether oxygens (including phenoxy) is 2. The number of rotatable bonds is 15. The van der Waals surface area contributed by atoms with Crippen molar-refractivity contribution in [3.05, 3.63) is 239 Å². The topological polar surface area (TPSA) is 194 Å². The molecular weight excluding hydrogens is 1250 g/mol. The van der Waals surface area contributed by atoms with Crippen LogP contribution in [0.2, 0.25) is 0 Å². The van der Waals surface area contributed by atoms with Crippen LogP contribution in [0, 0.1) is 0 Å². The number of carboxylic acid groups (broad SMARTS) is 1. The van der Waals surface area contributed by atoms with Crippen LogP contribution in [0.5, 0.6) is 0 Å². The number of pyridine rings is 3. The summed E-state index contributed by atoms with van der Waals surface area (Å²) >= 11 is 3.20. The van der Waals surface area contributed by atoms with Crippen LogP contribution in [0.15, 0.2) is 205 Å². The van der Waals surface area contributed by atoms with Crippen molar-refractivity contribution in [2.24, 2.45) is 0 Å². The van der Waals surface area contributed by atoms with Gasteiger partial charge < -0.3 is 40.3 Å². The van der Waals surface area contributed by atoms with Gasteiger partial charge in [-0.25, -0.2) is 19.4 Å². The largest absolute Gasteiger partial charge is 0.478 e. The summed E-state index contributed by atoms with van der Waals surface area (Å²) in [6, 6.07) is 44.1. The monoisotopic (exact) mass is 1310 g/mol. The molecule has 0 saturated carbocycles. The van der Waals surface area contributed by atoms with Crippen molar-refractivity contribution in [2.75, 3.05) is 30.2 Å². The van der Waals surface area contributed by atoms with E-state index in [4.69, 9.17) is 14.1 Å². The normalized spacial score (nSPS) is 11.4. The maximum Gasteiger partial charge on any atom is 0.416 e. The van der Waals surface area contributed by atoms with Gasteiger partial charge in [0, 0.05) is 63.8 Å². The molecule has 25 heteroatoms. The first-order valence-corrected chi connectivity index (χ1v) is 27.4. The number of aliphatic hydroxyl groups is 1. The number of hydrogen-bond acceptors (Lipinski definition) is 13. The predicted molar refractivity (Wildman–Crippen MR) is 328 cm³/mol. The molecule has 467 valence electrons. The van der Waals surface area contributed by atoms with Crippen LogP contribution in [-0.4, -0.2) is 76.0 Å². The Morgan fingerprint density at radius 1 is 0.467 bits per heavy atom. The fourth-order valence-electron chi connectivity index (χ4n) is 7.56. The van der Waals surface area contributed by atoms with Crippen LogP contribution in [0.4, 0.5) is 73.6 Å². The summed E-state index contributed by atoms with van der Waals surface area (Å²) < 4.78 is 131. The van der Waals surface area contributed by atoms with Gasteiger partial charge >= 0.3 is 43.9 Å². The molecular formula is C65H56BBrF9N6O8. The molecule has 0 aliphatic carbocycles. The lowest BCUT2D eigenvalue weighted by molar-refractivity contribution is -0.138. The van der Waals surface area contributed by atoms with Crippen molar-refractivity contribution in [2.45, 2.75) is 57.4 Å². The first-order chi connectivity index (χ1) is 42.4. The lowest BCUT2D eigenvalue weighted by Gasteiger charge is -2.37. The Hall–Kier alpha value is -9.59. The molecule has 9 aromatic rings. The van der Waals surface area contributed by atoms with E-state index in [0.29, 0.717) is 67.7 Å². The van der Waals surface area contributed by atoms with Gasteiger partial charge in [-0.1, -0.05) is 18.2 Å². The molecule has 0 unspecified atom stereocenters. The van der Waals surface area contributed by atoms with Crippen molar-refractivity contribution < 1.29 is 78.2 Å². The second-order valence-electron chi connectivity index (χ2n) is 20.1. The number of halogens is 10. The highest BCUT2D eigenvalue weighted by atomic mass is 79.9. The number of alkyl halides is 9. The average molecular weight is 1310 g/mol. The Morgan fingerprint density at radius 3 is 1.14 bits per heavy atom. The standard InChI is InChI=1S/C21H24BF3NO4.C20H15F3N2O2.C19H13F3N2O2.C5H4BrN/c1-19(2,28)20(3,4)30-22-16-12-13(18(27)29-5)6-11-17(16)26-15-9-7-14(8-10-15)21(23,24)25;1-27-19(26)13-5-10-18(16(12-13)17-4-2-3-11-24-17)25-15-8-6-14(7-9-15)20(21,22)23;20-19(21,22)13-5-7-14(8-6-13)24-17-9-4-12(18(25)26)11-15(17)16-3-1-2-10-23-16;6-5-3-1-2-4-7-5/h6-12,26,28H,1-5H3;2-12,25H,1H3;1-11,24H,(H,25,26);1-4H. The third kappa shape index (κ3) is 20.2. The molecule has 3 aromatic heterocycles. The molecule has 0 fully saturated rings. The molecule has 0 aliphatic heterocycles. The summed E-state index contributed by atoms with van der Waals surface area (Å²) in [6.07, 6.45) is -8.28. The van der Waals surface area contributed by atoms with Crippen molar-refractivity contribution in [3.63, 3.8) is 0 Å². The summed E-state index contributed by atoms with van der Waals surface area (Å²) in [5, 5.41) is 28.6. The Bertz CT molecular complexity index is 3830. The minimum atomic E-state index is -4.42. The first kappa shape index (κ1) is 69.5. The second-order valence-corrected chi connectivity index (χ2v) is 20.9. The molecule has 5 N–H and O–H groups in total. The zero-order chi connectivity index (χ0) is 66.0. The minimum Gasteiger partial charge on any atom is -0.478 e. The highest BCUT2D eigenvalue weighted by molar-refractivity contribution is 9.10. The molecule has 0 amide bonds. The summed E-state index contributed by atoms with van der Waals surface area (Å²) in [5.74, 6) is -2.12. The number of carbonyl (C=O) groups excluding carboxylic acids is 2. The van der Waals surface area contributed by atoms with Crippen molar-refractivity contribution >= 4 is 80.9 Å². The Morgan fingerprint density at radius 2 is 0.822 bits per heavy atom. The molecule has 0 bridgehead atoms. The molecule has 9 rings (SSSR count). The van der Waals surface area contributed by atoms with Crippen LogP contribution >= 0.6 is 15.9 Å². The minimum absolute atomic E-state index is 0.0867. The second kappa shape index (κ2) is 30.6. The smallest absolute Gasteiger partial charge is 0.416 e. The van der Waals surface area contributed by atoms with E-state index >= 15 is 0 Å². The van der Waals surface area contributed by atoms with Gasteiger partial charge in [0.2, 0.25) is 0 Å². The third-order valence-electron chi connectivity index (χ3n) is 13.1. The molecule has 6 aromatic carbocycles. The van der Waals surface area contributed by atoms with Crippen molar-refractivity contribution in [1.29, 1.82) is 0 Å². The fourth-order valence-corrected chi connectivity index (χ4v) is 7.83. The number of nitrogens with zero attached hydrogens (tertiary/aromatic N) is 3. The quantitative estimate of drug-likeness (QED) is 0.0282. The van der Waals surface area contributed by atoms with Gasteiger partial charge in [-0.15, -0.1) is 0 Å². The number of carbonyl (C=O) groups is 3. The van der Waals surface area contributed by atoms with Crippen molar-refractivity contribution in [1.82, 2.24) is 15.0 Å². The van der Waals surface area contributed by atoms with E-state index in [9.17, 15) is 64.1 Å². The maximum atomic E-state index is 12.8. The van der Waals surface area contributed by atoms with Gasteiger partial charge in [0.15, 0.2) is 0 Å². The van der Waals surface area contributed by atoms with E-state index in [-0.39, 0.29) is 11.1 Å². The molecule has 1 radical (unpaired) electrons. The fraction of sp³-hybridized carbons (Fsp3) is 0.169. The van der Waals surface area contributed by atoms with E-state index in [0.717, 1.165) is 41.0 Å². The lowest BCUT2D eigenvalue weighted by Crippen LogP contribution is -2.49. The van der Waals surface area contributed by atoms with Crippen molar-refractivity contribution in [3.8, 4) is 22.5 Å². The molecule has 0 aliphatic rings.